The van der Waals surface area contributed by atoms with E-state index in [1.54, 1.807) is 27.0 Å². The molecule has 8 heteroatoms. The maximum absolute atomic E-state index is 12.8. The number of methoxy groups -OCH3 is 1. The van der Waals surface area contributed by atoms with Crippen LogP contribution in [0, 0.1) is 29.1 Å². The number of nitrogens with one attached hydrogen (secondary N) is 1. The Kier molecular flexibility index (Phi) is 11.3. The van der Waals surface area contributed by atoms with Crippen LogP contribution in [0.3, 0.4) is 0 Å². The van der Waals surface area contributed by atoms with Gasteiger partial charge in [-0.15, -0.1) is 0 Å². The molecule has 0 aliphatic heterocycles. The van der Waals surface area contributed by atoms with Gasteiger partial charge in [0.15, 0.2) is 0 Å². The van der Waals surface area contributed by atoms with Crippen LogP contribution in [0.1, 0.15) is 59.9 Å². The van der Waals surface area contributed by atoms with E-state index >= 15 is 0 Å². The van der Waals surface area contributed by atoms with E-state index in [1.165, 1.54) is 0 Å². The Morgan fingerprint density at radius 3 is 2.24 bits per heavy atom. The van der Waals surface area contributed by atoms with Crippen LogP contribution in [0.4, 0.5) is 0 Å². The molecule has 1 aromatic carbocycles. The number of ether oxygens (including phenoxy) is 1. The van der Waals surface area contributed by atoms with E-state index in [1.807, 2.05) is 26.0 Å². The van der Waals surface area contributed by atoms with Gasteiger partial charge in [-0.3, -0.25) is 9.59 Å². The molecule has 0 aliphatic rings. The van der Waals surface area contributed by atoms with Gasteiger partial charge in [0.2, 0.25) is 17.6 Å². The summed E-state index contributed by atoms with van der Waals surface area (Å²) in [5, 5.41) is 21.8. The van der Waals surface area contributed by atoms with E-state index in [-0.39, 0.29) is 30.7 Å². The zero-order valence-corrected chi connectivity index (χ0v) is 21.9. The molecule has 0 spiro atoms. The van der Waals surface area contributed by atoms with Gasteiger partial charge in [0, 0.05) is 24.6 Å². The lowest BCUT2D eigenvalue weighted by atomic mass is 9.80. The Morgan fingerprint density at radius 2 is 1.76 bits per heavy atom. The van der Waals surface area contributed by atoms with E-state index in [0.29, 0.717) is 23.8 Å². The van der Waals surface area contributed by atoms with Crippen LogP contribution in [0.15, 0.2) is 18.2 Å². The number of nitrogens with two attached hydrogens (primary N) is 2. The van der Waals surface area contributed by atoms with Crippen LogP contribution in [0.25, 0.3) is 0 Å². The first-order chi connectivity index (χ1) is 15.7. The Morgan fingerprint density at radius 1 is 1.15 bits per heavy atom. The fourth-order valence-electron chi connectivity index (χ4n) is 3.93. The fraction of sp³-hybridized carbons (Fsp3) is 0.692. The van der Waals surface area contributed by atoms with E-state index in [2.05, 4.69) is 19.2 Å². The molecule has 0 aromatic heterocycles. The average molecular weight is 481 g/mol. The van der Waals surface area contributed by atoms with E-state index in [9.17, 15) is 14.7 Å². The number of carbonyl (C=O) groups excluding carboxylic acids is 2. The zero-order chi connectivity index (χ0) is 26.2. The van der Waals surface area contributed by atoms with Crippen LogP contribution < -0.4 is 21.5 Å². The van der Waals surface area contributed by atoms with Crippen LogP contribution >= 0.6 is 0 Å². The molecule has 1 rings (SSSR count). The van der Waals surface area contributed by atoms with Crippen molar-refractivity contribution < 1.29 is 24.5 Å². The predicted molar refractivity (Wildman–Crippen MR) is 136 cm³/mol. The topological polar surface area (TPSA) is 151 Å². The molecular weight excluding hydrogens is 434 g/mol. The highest BCUT2D eigenvalue weighted by molar-refractivity contribution is 5.83. The van der Waals surface area contributed by atoms with Gasteiger partial charge >= 0.3 is 0 Å². The third kappa shape index (κ3) is 8.80. The highest BCUT2D eigenvalue weighted by Crippen LogP contribution is 2.30. The van der Waals surface area contributed by atoms with Crippen LogP contribution in [0.5, 0.6) is 11.5 Å². The first-order valence-electron chi connectivity index (χ1n) is 12.1. The first-order valence-corrected chi connectivity index (χ1v) is 12.1. The lowest BCUT2D eigenvalue weighted by Gasteiger charge is -2.30. The SMILES string of the molecule is COc1ccc(C[C@@H](C[C@H](N)[C@@H](O)C[C@H](C(=O)NCC(C)(C)C(N)=O)C(C)C)C(C)C)cc1[OH2+]. The lowest BCUT2D eigenvalue weighted by Crippen LogP contribution is -2.46. The van der Waals surface area contributed by atoms with Gasteiger partial charge in [-0.2, -0.15) is 0 Å². The Hall–Kier alpha value is -2.32. The summed E-state index contributed by atoms with van der Waals surface area (Å²) >= 11 is 0. The molecule has 194 valence electrons. The number of benzene rings is 1. The first kappa shape index (κ1) is 29.7. The molecule has 0 aliphatic carbocycles. The summed E-state index contributed by atoms with van der Waals surface area (Å²) in [5.74, 6) is 0.285. The molecule has 0 saturated carbocycles. The van der Waals surface area contributed by atoms with Crippen molar-refractivity contribution in [2.24, 2.45) is 40.6 Å². The molecule has 2 amide bonds. The normalized spacial score (nSPS) is 15.6. The highest BCUT2D eigenvalue weighted by atomic mass is 16.5. The minimum atomic E-state index is -0.850. The molecule has 4 atom stereocenters. The van der Waals surface area contributed by atoms with Gasteiger partial charge in [-0.25, -0.2) is 0 Å². The Balaban J connectivity index is 2.81. The maximum Gasteiger partial charge on any atom is 0.297 e. The number of primary amides is 1. The number of aliphatic hydroxyl groups is 1. The zero-order valence-electron chi connectivity index (χ0n) is 21.9. The summed E-state index contributed by atoms with van der Waals surface area (Å²) in [6.45, 7) is 11.6. The number of aliphatic hydroxyl groups excluding tert-OH is 1. The molecule has 0 saturated heterocycles. The molecule has 1 aromatic rings. The predicted octanol–water partition coefficient (Wildman–Crippen LogP) is 2.32. The number of hydrogen-bond acceptors (Lipinski definition) is 5. The summed E-state index contributed by atoms with van der Waals surface area (Å²) in [6.07, 6.45) is 0.737. The molecule has 0 fully saturated rings. The third-order valence-corrected chi connectivity index (χ3v) is 6.78. The van der Waals surface area contributed by atoms with Crippen molar-refractivity contribution in [1.29, 1.82) is 0 Å². The maximum atomic E-state index is 12.8. The molecule has 0 unspecified atom stereocenters. The van der Waals surface area contributed by atoms with E-state index in [4.69, 9.17) is 21.3 Å². The monoisotopic (exact) mass is 480 g/mol. The van der Waals surface area contributed by atoms with Gasteiger partial charge in [0.25, 0.3) is 5.75 Å². The average Bonchev–Trinajstić information content (AvgIpc) is 2.74. The van der Waals surface area contributed by atoms with Gasteiger partial charge in [0.1, 0.15) is 0 Å². The van der Waals surface area contributed by atoms with Crippen molar-refractivity contribution in [2.45, 2.75) is 73.0 Å². The number of carbonyl (C=O) groups is 2. The molecule has 8 nitrogen and oxygen atoms in total. The van der Waals surface area contributed by atoms with Crippen molar-refractivity contribution in [3.05, 3.63) is 23.8 Å². The summed E-state index contributed by atoms with van der Waals surface area (Å²) in [7, 11) is 1.55. The summed E-state index contributed by atoms with van der Waals surface area (Å²) in [4.78, 5) is 24.4. The lowest BCUT2D eigenvalue weighted by molar-refractivity contribution is -0.130. The van der Waals surface area contributed by atoms with Crippen molar-refractivity contribution in [1.82, 2.24) is 5.32 Å². The highest BCUT2D eigenvalue weighted by Gasteiger charge is 2.32. The second kappa shape index (κ2) is 13.0. The summed E-state index contributed by atoms with van der Waals surface area (Å²) in [5.41, 5.74) is 12.0. The second-order valence-electron chi connectivity index (χ2n) is 10.8. The number of rotatable bonds is 14. The molecule has 0 radical (unpaired) electrons. The van der Waals surface area contributed by atoms with Gasteiger partial charge in [-0.1, -0.05) is 33.8 Å². The van der Waals surface area contributed by atoms with Gasteiger partial charge in [-0.05, 0) is 62.5 Å². The molecule has 0 bridgehead atoms. The third-order valence-electron chi connectivity index (χ3n) is 6.78. The molecule has 34 heavy (non-hydrogen) atoms. The standard InChI is InChI=1S/C26H45N3O5/c1-15(2)18(10-17-8-9-23(34-7)22(31)11-17)12-20(27)21(30)13-19(16(3)4)24(32)29-14-26(5,6)25(28)33/h8-9,11,15-16,18-21,30-31H,10,12-14,27H2,1-7H3,(H2,28,33)(H,29,32)/p+1/t18-,19-,20-,21-/m0/s1. The second-order valence-corrected chi connectivity index (χ2v) is 10.8. The quantitative estimate of drug-likeness (QED) is 0.301. The smallest absolute Gasteiger partial charge is 0.297 e. The van der Waals surface area contributed by atoms with E-state index in [0.717, 1.165) is 12.0 Å². The molecule has 0 heterocycles. The number of hydrogen-bond donors (Lipinski definition) is 4. The van der Waals surface area contributed by atoms with Crippen molar-refractivity contribution in [3.8, 4) is 11.5 Å². The Bertz CT molecular complexity index is 810. The van der Waals surface area contributed by atoms with Crippen molar-refractivity contribution in [2.75, 3.05) is 13.7 Å². The van der Waals surface area contributed by atoms with Crippen molar-refractivity contribution in [3.63, 3.8) is 0 Å². The van der Waals surface area contributed by atoms with E-state index < -0.39 is 29.4 Å². The largest absolute Gasteiger partial charge is 0.591 e. The van der Waals surface area contributed by atoms with Crippen LogP contribution in [-0.4, -0.2) is 47.8 Å². The number of amides is 2. The summed E-state index contributed by atoms with van der Waals surface area (Å²) < 4.78 is 5.18. The minimum absolute atomic E-state index is 0.00536. The van der Waals surface area contributed by atoms with Crippen LogP contribution in [-0.2, 0) is 16.0 Å². The molecular formula is C26H46N3O5+. The summed E-state index contributed by atoms with van der Waals surface area (Å²) in [6, 6.07) is 5.08. The minimum Gasteiger partial charge on any atom is -0.591 e. The Labute approximate surface area is 204 Å². The van der Waals surface area contributed by atoms with Crippen molar-refractivity contribution >= 4 is 11.8 Å². The molecule has 8 N–H and O–H groups in total. The van der Waals surface area contributed by atoms with Crippen LogP contribution in [0.2, 0.25) is 0 Å². The van der Waals surface area contributed by atoms with Gasteiger partial charge < -0.3 is 31.7 Å². The fourth-order valence-corrected chi connectivity index (χ4v) is 3.93. The van der Waals surface area contributed by atoms with Gasteiger partial charge in [0.05, 0.1) is 18.6 Å².